The Kier molecular flexibility index (Phi) is 4.53. The summed E-state index contributed by atoms with van der Waals surface area (Å²) in [7, 11) is 0. The van der Waals surface area contributed by atoms with E-state index in [-0.39, 0.29) is 11.9 Å². The monoisotopic (exact) mass is 274 g/mol. The fourth-order valence-electron chi connectivity index (χ4n) is 1.86. The van der Waals surface area contributed by atoms with Gasteiger partial charge in [-0.1, -0.05) is 30.7 Å². The number of nitrogens with zero attached hydrogens (tertiary/aromatic N) is 1. The molecule has 0 bridgehead atoms. The van der Waals surface area contributed by atoms with Gasteiger partial charge in [0.05, 0.1) is 6.04 Å². The van der Waals surface area contributed by atoms with Crippen molar-refractivity contribution in [2.75, 3.05) is 0 Å². The second-order valence-electron chi connectivity index (χ2n) is 4.22. The Morgan fingerprint density at radius 3 is 2.42 bits per heavy atom. The molecule has 2 rings (SSSR count). The van der Waals surface area contributed by atoms with Crippen LogP contribution in [0.1, 0.15) is 35.3 Å². The summed E-state index contributed by atoms with van der Waals surface area (Å²) in [5.41, 5.74) is 1.66. The summed E-state index contributed by atoms with van der Waals surface area (Å²) in [5.74, 6) is -0.0933. The van der Waals surface area contributed by atoms with Crippen molar-refractivity contribution < 1.29 is 4.79 Å². The van der Waals surface area contributed by atoms with Crippen LogP contribution in [-0.4, -0.2) is 10.9 Å². The lowest BCUT2D eigenvalue weighted by Gasteiger charge is -2.17. The van der Waals surface area contributed by atoms with Crippen molar-refractivity contribution in [1.29, 1.82) is 0 Å². The van der Waals surface area contributed by atoms with Gasteiger partial charge in [-0.05, 0) is 36.2 Å². The molecule has 0 radical (unpaired) electrons. The summed E-state index contributed by atoms with van der Waals surface area (Å²) >= 11 is 5.87. The van der Waals surface area contributed by atoms with Crippen LogP contribution >= 0.6 is 11.6 Å². The molecule has 0 unspecified atom stereocenters. The maximum Gasteiger partial charge on any atom is 0.251 e. The van der Waals surface area contributed by atoms with Gasteiger partial charge in [-0.2, -0.15) is 0 Å². The smallest absolute Gasteiger partial charge is 0.251 e. The third-order valence-corrected chi connectivity index (χ3v) is 3.18. The van der Waals surface area contributed by atoms with Crippen LogP contribution in [-0.2, 0) is 0 Å². The zero-order valence-corrected chi connectivity index (χ0v) is 11.4. The molecule has 0 saturated carbocycles. The van der Waals surface area contributed by atoms with Gasteiger partial charge in [-0.3, -0.25) is 9.78 Å². The number of hydrogen-bond acceptors (Lipinski definition) is 2. The number of carbonyl (C=O) groups excluding carboxylic acids is 1. The lowest BCUT2D eigenvalue weighted by molar-refractivity contribution is 0.0935. The van der Waals surface area contributed by atoms with Gasteiger partial charge in [0.1, 0.15) is 0 Å². The van der Waals surface area contributed by atoms with Crippen molar-refractivity contribution in [2.24, 2.45) is 0 Å². The first-order chi connectivity index (χ1) is 9.20. The zero-order chi connectivity index (χ0) is 13.7. The van der Waals surface area contributed by atoms with E-state index in [1.807, 2.05) is 31.2 Å². The average Bonchev–Trinajstić information content (AvgIpc) is 2.46. The molecule has 1 atom stereocenters. The Labute approximate surface area is 117 Å². The van der Waals surface area contributed by atoms with Crippen LogP contribution in [0.2, 0.25) is 5.02 Å². The minimum atomic E-state index is -0.0933. The fraction of sp³-hybridized carbons (Fsp3) is 0.200. The van der Waals surface area contributed by atoms with Crippen LogP contribution in [0.5, 0.6) is 0 Å². The number of halogens is 1. The minimum Gasteiger partial charge on any atom is -0.345 e. The predicted molar refractivity (Wildman–Crippen MR) is 76.2 cm³/mol. The second kappa shape index (κ2) is 6.34. The Bertz CT molecular complexity index is 540. The highest BCUT2D eigenvalue weighted by Crippen LogP contribution is 2.19. The van der Waals surface area contributed by atoms with E-state index in [0.29, 0.717) is 10.6 Å². The van der Waals surface area contributed by atoms with Crippen molar-refractivity contribution in [3.63, 3.8) is 0 Å². The molecule has 0 saturated heterocycles. The number of aromatic nitrogens is 1. The van der Waals surface area contributed by atoms with Crippen molar-refractivity contribution in [1.82, 2.24) is 10.3 Å². The van der Waals surface area contributed by atoms with E-state index < -0.39 is 0 Å². The molecule has 0 spiro atoms. The van der Waals surface area contributed by atoms with Gasteiger partial charge in [-0.25, -0.2) is 0 Å². The van der Waals surface area contributed by atoms with Crippen LogP contribution in [0.4, 0.5) is 0 Å². The van der Waals surface area contributed by atoms with Crippen molar-refractivity contribution >= 4 is 17.5 Å². The molecule has 0 aliphatic rings. The van der Waals surface area contributed by atoms with Crippen molar-refractivity contribution in [2.45, 2.75) is 19.4 Å². The Balaban J connectivity index is 2.11. The van der Waals surface area contributed by atoms with Gasteiger partial charge in [0, 0.05) is 23.0 Å². The highest BCUT2D eigenvalue weighted by atomic mass is 35.5. The molecule has 1 heterocycles. The summed E-state index contributed by atoms with van der Waals surface area (Å²) in [5, 5.41) is 3.70. The Hall–Kier alpha value is -1.87. The summed E-state index contributed by atoms with van der Waals surface area (Å²) in [6, 6.07) is 10.9. The van der Waals surface area contributed by atoms with Gasteiger partial charge in [0.15, 0.2) is 0 Å². The number of hydrogen-bond donors (Lipinski definition) is 1. The molecular weight excluding hydrogens is 260 g/mol. The quantitative estimate of drug-likeness (QED) is 0.925. The van der Waals surface area contributed by atoms with Crippen LogP contribution < -0.4 is 5.32 Å². The first-order valence-corrected chi connectivity index (χ1v) is 6.55. The van der Waals surface area contributed by atoms with Gasteiger partial charge in [-0.15, -0.1) is 0 Å². The van der Waals surface area contributed by atoms with Crippen LogP contribution in [0.15, 0.2) is 48.8 Å². The maximum absolute atomic E-state index is 12.1. The van der Waals surface area contributed by atoms with E-state index in [4.69, 9.17) is 11.6 Å². The summed E-state index contributed by atoms with van der Waals surface area (Å²) in [6.45, 7) is 2.03. The molecule has 0 fully saturated rings. The summed E-state index contributed by atoms with van der Waals surface area (Å²) in [6.07, 6.45) is 4.04. The third kappa shape index (κ3) is 3.55. The van der Waals surface area contributed by atoms with Crippen LogP contribution in [0.25, 0.3) is 0 Å². The number of nitrogens with one attached hydrogen (secondary N) is 1. The first-order valence-electron chi connectivity index (χ1n) is 6.17. The molecule has 98 valence electrons. The van der Waals surface area contributed by atoms with E-state index in [9.17, 15) is 4.79 Å². The molecule has 0 aliphatic carbocycles. The number of rotatable bonds is 4. The van der Waals surface area contributed by atoms with Crippen molar-refractivity contribution in [3.8, 4) is 0 Å². The van der Waals surface area contributed by atoms with E-state index in [1.165, 1.54) is 0 Å². The molecule has 0 aliphatic heterocycles. The summed E-state index contributed by atoms with van der Waals surface area (Å²) in [4.78, 5) is 16.0. The zero-order valence-electron chi connectivity index (χ0n) is 10.6. The highest BCUT2D eigenvalue weighted by Gasteiger charge is 2.13. The van der Waals surface area contributed by atoms with Crippen LogP contribution in [0.3, 0.4) is 0 Å². The number of benzene rings is 1. The SMILES string of the molecule is CC[C@H](NC(=O)c1ccncc1)c1ccc(Cl)cc1. The number of amides is 1. The molecular formula is C15H15ClN2O. The molecule has 1 aromatic carbocycles. The minimum absolute atomic E-state index is 0.0158. The highest BCUT2D eigenvalue weighted by molar-refractivity contribution is 6.30. The lowest BCUT2D eigenvalue weighted by atomic mass is 10.0. The molecule has 1 N–H and O–H groups in total. The Morgan fingerprint density at radius 2 is 1.84 bits per heavy atom. The van der Waals surface area contributed by atoms with E-state index in [1.54, 1.807) is 24.5 Å². The predicted octanol–water partition coefficient (Wildman–Crippen LogP) is 3.62. The van der Waals surface area contributed by atoms with Crippen LogP contribution in [0, 0.1) is 0 Å². The molecule has 2 aromatic rings. The van der Waals surface area contributed by atoms with Crippen molar-refractivity contribution in [3.05, 3.63) is 64.9 Å². The van der Waals surface area contributed by atoms with Gasteiger partial charge in [0.2, 0.25) is 0 Å². The fourth-order valence-corrected chi connectivity index (χ4v) is 1.99. The third-order valence-electron chi connectivity index (χ3n) is 2.93. The topological polar surface area (TPSA) is 42.0 Å². The van der Waals surface area contributed by atoms with E-state index in [2.05, 4.69) is 10.3 Å². The Morgan fingerprint density at radius 1 is 1.21 bits per heavy atom. The maximum atomic E-state index is 12.1. The molecule has 3 nitrogen and oxygen atoms in total. The van der Waals surface area contributed by atoms with E-state index >= 15 is 0 Å². The number of carbonyl (C=O) groups is 1. The largest absolute Gasteiger partial charge is 0.345 e. The molecule has 19 heavy (non-hydrogen) atoms. The molecule has 4 heteroatoms. The lowest BCUT2D eigenvalue weighted by Crippen LogP contribution is -2.28. The van der Waals surface area contributed by atoms with E-state index in [0.717, 1.165) is 12.0 Å². The summed E-state index contributed by atoms with van der Waals surface area (Å²) < 4.78 is 0. The van der Waals surface area contributed by atoms with Gasteiger partial charge < -0.3 is 5.32 Å². The average molecular weight is 275 g/mol. The standard InChI is InChI=1S/C15H15ClN2O/c1-2-14(11-3-5-13(16)6-4-11)18-15(19)12-7-9-17-10-8-12/h3-10,14H,2H2,1H3,(H,18,19)/t14-/m0/s1. The van der Waals surface area contributed by atoms with Gasteiger partial charge in [0.25, 0.3) is 5.91 Å². The first kappa shape index (κ1) is 13.6. The molecule has 1 aromatic heterocycles. The normalized spacial score (nSPS) is 11.9. The molecule has 1 amide bonds. The number of pyridine rings is 1. The second-order valence-corrected chi connectivity index (χ2v) is 4.66. The van der Waals surface area contributed by atoms with Gasteiger partial charge >= 0.3 is 0 Å².